The summed E-state index contributed by atoms with van der Waals surface area (Å²) in [5.41, 5.74) is 1.87. The molecule has 1 aromatic carbocycles. The zero-order valence-corrected chi connectivity index (χ0v) is 14.2. The second-order valence-electron chi connectivity index (χ2n) is 6.96. The van der Waals surface area contributed by atoms with Crippen LogP contribution in [0.15, 0.2) is 30.5 Å². The van der Waals surface area contributed by atoms with Crippen LogP contribution in [-0.2, 0) is 11.3 Å². The van der Waals surface area contributed by atoms with Crippen LogP contribution in [0.5, 0.6) is 0 Å². The van der Waals surface area contributed by atoms with Gasteiger partial charge < -0.3 is 19.5 Å². The quantitative estimate of drug-likeness (QED) is 0.915. The molecule has 3 saturated heterocycles. The Hall–Kier alpha value is -1.85. The van der Waals surface area contributed by atoms with Crippen molar-refractivity contribution >= 4 is 16.8 Å². The SMILES string of the molecule is COCCn1ccc2c(C(=O)N[C@@H]3CN4CCC3CC4)cccc21. The molecule has 0 unspecified atom stereocenters. The van der Waals surface area contributed by atoms with Crippen molar-refractivity contribution in [2.75, 3.05) is 33.4 Å². The van der Waals surface area contributed by atoms with Gasteiger partial charge in [0.25, 0.3) is 5.91 Å². The maximum Gasteiger partial charge on any atom is 0.252 e. The highest BCUT2D eigenvalue weighted by molar-refractivity contribution is 6.06. The van der Waals surface area contributed by atoms with Gasteiger partial charge in [-0.2, -0.15) is 0 Å². The summed E-state index contributed by atoms with van der Waals surface area (Å²) in [5, 5.41) is 4.32. The van der Waals surface area contributed by atoms with Crippen molar-refractivity contribution in [3.63, 3.8) is 0 Å². The number of benzene rings is 1. The highest BCUT2D eigenvalue weighted by Gasteiger charge is 2.35. The van der Waals surface area contributed by atoms with E-state index in [2.05, 4.69) is 20.9 Å². The third kappa shape index (κ3) is 2.82. The summed E-state index contributed by atoms with van der Waals surface area (Å²) in [6, 6.07) is 8.30. The molecular weight excluding hydrogens is 302 g/mol. The van der Waals surface area contributed by atoms with Crippen molar-refractivity contribution in [1.29, 1.82) is 0 Å². The monoisotopic (exact) mass is 327 g/mol. The van der Waals surface area contributed by atoms with Crippen molar-refractivity contribution in [1.82, 2.24) is 14.8 Å². The van der Waals surface area contributed by atoms with E-state index in [1.165, 1.54) is 25.9 Å². The number of aromatic nitrogens is 1. The van der Waals surface area contributed by atoms with E-state index in [4.69, 9.17) is 4.74 Å². The molecule has 3 aliphatic rings. The van der Waals surface area contributed by atoms with Gasteiger partial charge in [-0.3, -0.25) is 4.79 Å². The van der Waals surface area contributed by atoms with E-state index < -0.39 is 0 Å². The van der Waals surface area contributed by atoms with E-state index in [-0.39, 0.29) is 5.91 Å². The number of amides is 1. The van der Waals surface area contributed by atoms with Crippen LogP contribution in [0.2, 0.25) is 0 Å². The maximum atomic E-state index is 12.9. The first-order chi connectivity index (χ1) is 11.8. The normalized spacial score (nSPS) is 26.0. The average Bonchev–Trinajstić information content (AvgIpc) is 3.04. The fourth-order valence-electron chi connectivity index (χ4n) is 4.18. The Morgan fingerprint density at radius 2 is 2.12 bits per heavy atom. The van der Waals surface area contributed by atoms with Gasteiger partial charge in [0.05, 0.1) is 6.61 Å². The molecule has 0 radical (unpaired) electrons. The van der Waals surface area contributed by atoms with Crippen LogP contribution in [-0.4, -0.2) is 54.8 Å². The average molecular weight is 327 g/mol. The predicted molar refractivity (Wildman–Crippen MR) is 94.2 cm³/mol. The lowest BCUT2D eigenvalue weighted by atomic mass is 9.84. The van der Waals surface area contributed by atoms with Crippen LogP contribution in [0.3, 0.4) is 0 Å². The second-order valence-corrected chi connectivity index (χ2v) is 6.96. The van der Waals surface area contributed by atoms with Crippen molar-refractivity contribution in [3.05, 3.63) is 36.0 Å². The molecule has 2 bridgehead atoms. The van der Waals surface area contributed by atoms with Gasteiger partial charge in [0.15, 0.2) is 0 Å². The number of methoxy groups -OCH3 is 1. The smallest absolute Gasteiger partial charge is 0.252 e. The molecule has 3 fully saturated rings. The Morgan fingerprint density at radius 3 is 2.83 bits per heavy atom. The van der Waals surface area contributed by atoms with Crippen molar-refractivity contribution in [2.45, 2.75) is 25.4 Å². The molecule has 24 heavy (non-hydrogen) atoms. The number of ether oxygens (including phenoxy) is 1. The first kappa shape index (κ1) is 15.7. The molecular formula is C19H25N3O2. The molecule has 1 amide bonds. The molecule has 4 heterocycles. The molecule has 0 spiro atoms. The van der Waals surface area contributed by atoms with E-state index in [1.807, 2.05) is 24.4 Å². The van der Waals surface area contributed by atoms with Crippen LogP contribution in [0.25, 0.3) is 10.9 Å². The number of carbonyl (C=O) groups excluding carboxylic acids is 1. The molecule has 1 aromatic heterocycles. The van der Waals surface area contributed by atoms with Crippen LogP contribution >= 0.6 is 0 Å². The third-order valence-corrected chi connectivity index (χ3v) is 5.57. The first-order valence-corrected chi connectivity index (χ1v) is 8.86. The third-order valence-electron chi connectivity index (χ3n) is 5.57. The number of carbonyl (C=O) groups is 1. The fourth-order valence-corrected chi connectivity index (χ4v) is 4.18. The van der Waals surface area contributed by atoms with Crippen LogP contribution < -0.4 is 5.32 Å². The van der Waals surface area contributed by atoms with Crippen LogP contribution in [0, 0.1) is 5.92 Å². The van der Waals surface area contributed by atoms with E-state index >= 15 is 0 Å². The van der Waals surface area contributed by atoms with Gasteiger partial charge in [-0.15, -0.1) is 0 Å². The minimum Gasteiger partial charge on any atom is -0.383 e. The number of nitrogens with zero attached hydrogens (tertiary/aromatic N) is 2. The lowest BCUT2D eigenvalue weighted by molar-refractivity contribution is 0.0621. The number of fused-ring (bicyclic) bond motifs is 4. The van der Waals surface area contributed by atoms with Gasteiger partial charge in [0, 0.05) is 48.9 Å². The van der Waals surface area contributed by atoms with Gasteiger partial charge >= 0.3 is 0 Å². The summed E-state index contributed by atoms with van der Waals surface area (Å²) in [6.07, 6.45) is 4.46. The molecule has 5 heteroatoms. The minimum absolute atomic E-state index is 0.0591. The van der Waals surface area contributed by atoms with Crippen molar-refractivity contribution in [3.8, 4) is 0 Å². The molecule has 1 atom stereocenters. The van der Waals surface area contributed by atoms with Crippen molar-refractivity contribution in [2.24, 2.45) is 5.92 Å². The summed E-state index contributed by atoms with van der Waals surface area (Å²) in [7, 11) is 1.71. The van der Waals surface area contributed by atoms with E-state index in [0.29, 0.717) is 18.6 Å². The molecule has 5 rings (SSSR count). The largest absolute Gasteiger partial charge is 0.383 e. The topological polar surface area (TPSA) is 46.5 Å². The standard InChI is InChI=1S/C19H25N3O2/c1-24-12-11-22-10-7-15-16(3-2-4-18(15)22)19(23)20-17-13-21-8-5-14(17)6-9-21/h2-4,7,10,14,17H,5-6,8-9,11-13H2,1H3,(H,20,23)/t17-/m1/s1. The van der Waals surface area contributed by atoms with E-state index in [0.717, 1.165) is 29.6 Å². The lowest BCUT2D eigenvalue weighted by Crippen LogP contribution is -2.57. The zero-order valence-electron chi connectivity index (χ0n) is 14.2. The van der Waals surface area contributed by atoms with Gasteiger partial charge in [-0.25, -0.2) is 0 Å². The molecule has 5 nitrogen and oxygen atoms in total. The highest BCUT2D eigenvalue weighted by atomic mass is 16.5. The number of hydrogen-bond donors (Lipinski definition) is 1. The molecule has 1 N–H and O–H groups in total. The Bertz CT molecular complexity index is 731. The van der Waals surface area contributed by atoms with Gasteiger partial charge in [-0.1, -0.05) is 6.07 Å². The Kier molecular flexibility index (Phi) is 4.29. The number of rotatable bonds is 5. The summed E-state index contributed by atoms with van der Waals surface area (Å²) in [5.74, 6) is 0.702. The van der Waals surface area contributed by atoms with Crippen LogP contribution in [0.4, 0.5) is 0 Å². The molecule has 128 valence electrons. The Morgan fingerprint density at radius 1 is 1.29 bits per heavy atom. The highest BCUT2D eigenvalue weighted by Crippen LogP contribution is 2.28. The van der Waals surface area contributed by atoms with E-state index in [9.17, 15) is 4.79 Å². The zero-order chi connectivity index (χ0) is 16.5. The summed E-state index contributed by atoms with van der Waals surface area (Å²) in [4.78, 5) is 15.3. The summed E-state index contributed by atoms with van der Waals surface area (Å²) >= 11 is 0. The number of piperidine rings is 3. The van der Waals surface area contributed by atoms with E-state index in [1.54, 1.807) is 7.11 Å². The Labute approximate surface area is 142 Å². The van der Waals surface area contributed by atoms with Gasteiger partial charge in [0.2, 0.25) is 0 Å². The lowest BCUT2D eigenvalue weighted by Gasteiger charge is -2.44. The molecule has 0 aliphatic carbocycles. The predicted octanol–water partition coefficient (Wildman–Crippen LogP) is 2.11. The summed E-state index contributed by atoms with van der Waals surface area (Å²) < 4.78 is 7.31. The number of hydrogen-bond acceptors (Lipinski definition) is 3. The summed E-state index contributed by atoms with van der Waals surface area (Å²) in [6.45, 7) is 4.84. The molecule has 0 saturated carbocycles. The van der Waals surface area contributed by atoms with Gasteiger partial charge in [-0.05, 0) is 50.0 Å². The number of nitrogens with one attached hydrogen (secondary N) is 1. The van der Waals surface area contributed by atoms with Crippen LogP contribution in [0.1, 0.15) is 23.2 Å². The second kappa shape index (κ2) is 6.57. The first-order valence-electron chi connectivity index (χ1n) is 8.86. The van der Waals surface area contributed by atoms with Gasteiger partial charge in [0.1, 0.15) is 0 Å². The van der Waals surface area contributed by atoms with Crippen molar-refractivity contribution < 1.29 is 9.53 Å². The Balaban J connectivity index is 1.55. The molecule has 3 aliphatic heterocycles. The fraction of sp³-hybridized carbons (Fsp3) is 0.526. The maximum absolute atomic E-state index is 12.9. The minimum atomic E-state index is 0.0591. The molecule has 2 aromatic rings.